The quantitative estimate of drug-likeness (QED) is 0.732. The number of hydrogen-bond donors (Lipinski definition) is 0. The second-order valence-electron chi connectivity index (χ2n) is 3.39. The minimum Gasteiger partial charge on any atom is -0.245 e. The van der Waals surface area contributed by atoms with Crippen molar-refractivity contribution in [2.75, 3.05) is 0 Å². The van der Waals surface area contributed by atoms with Crippen LogP contribution in [0.3, 0.4) is 0 Å². The lowest BCUT2D eigenvalue weighted by molar-refractivity contribution is 0.714. The third-order valence-corrected chi connectivity index (χ3v) is 4.63. The van der Waals surface area contributed by atoms with Crippen LogP contribution in [0.2, 0.25) is 0 Å². The lowest BCUT2D eigenvalue weighted by atomic mass is 10.1. The summed E-state index contributed by atoms with van der Waals surface area (Å²) in [7, 11) is 0. The molecule has 0 spiro atoms. The second-order valence-corrected chi connectivity index (χ2v) is 5.74. The van der Waals surface area contributed by atoms with Crippen LogP contribution in [0, 0.1) is 6.92 Å². The lowest BCUT2D eigenvalue weighted by Crippen LogP contribution is -1.90. The first-order chi connectivity index (χ1) is 5.77. The van der Waals surface area contributed by atoms with E-state index in [-0.39, 0.29) is 0 Å². The molecule has 0 atom stereocenters. The number of aromatic nitrogens is 1. The molecule has 66 valence electrons. The molecule has 12 heavy (non-hydrogen) atoms. The van der Waals surface area contributed by atoms with Crippen molar-refractivity contribution in [3.8, 4) is 0 Å². The van der Waals surface area contributed by atoms with E-state index in [0.29, 0.717) is 0 Å². The molecule has 0 unspecified atom stereocenters. The minimum atomic E-state index is 0.764. The van der Waals surface area contributed by atoms with E-state index >= 15 is 0 Å². The molecule has 0 radical (unpaired) electrons. The van der Waals surface area contributed by atoms with E-state index in [1.165, 1.54) is 34.5 Å². The van der Waals surface area contributed by atoms with Crippen molar-refractivity contribution in [1.29, 1.82) is 0 Å². The topological polar surface area (TPSA) is 12.9 Å². The summed E-state index contributed by atoms with van der Waals surface area (Å²) < 4.78 is 1.21. The predicted molar refractivity (Wildman–Crippen MR) is 55.8 cm³/mol. The number of aryl methyl sites for hydroxylation is 1. The fourth-order valence-corrected chi connectivity index (χ4v) is 3.29. The minimum absolute atomic E-state index is 0.764. The molecule has 0 bridgehead atoms. The molecule has 0 aliphatic heterocycles. The van der Waals surface area contributed by atoms with Gasteiger partial charge in [-0.1, -0.05) is 12.8 Å². The van der Waals surface area contributed by atoms with Crippen LogP contribution in [0.5, 0.6) is 0 Å². The van der Waals surface area contributed by atoms with E-state index in [1.807, 2.05) is 11.3 Å². The summed E-state index contributed by atoms with van der Waals surface area (Å²) in [5.41, 5.74) is 1.15. The molecule has 1 aromatic heterocycles. The summed E-state index contributed by atoms with van der Waals surface area (Å²) >= 11 is 5.34. The smallest absolute Gasteiger partial charge is 0.0970 e. The van der Waals surface area contributed by atoms with E-state index in [4.69, 9.17) is 0 Å². The molecule has 0 aromatic carbocycles. The predicted octanol–water partition coefficient (Wildman–Crippen LogP) is 3.87. The molecule has 1 fully saturated rings. The zero-order chi connectivity index (χ0) is 8.55. The Kier molecular flexibility index (Phi) is 2.51. The summed E-state index contributed by atoms with van der Waals surface area (Å²) in [5.74, 6) is 0.764. The molecule has 1 aliphatic carbocycles. The Morgan fingerprint density at radius 2 is 2.08 bits per heavy atom. The maximum Gasteiger partial charge on any atom is 0.0970 e. The van der Waals surface area contributed by atoms with Crippen molar-refractivity contribution in [3.05, 3.63) is 14.5 Å². The molecule has 1 saturated carbocycles. The zero-order valence-corrected chi connectivity index (χ0v) is 9.54. The first kappa shape index (κ1) is 8.70. The number of rotatable bonds is 1. The Labute approximate surface area is 85.3 Å². The SMILES string of the molecule is Cc1nc(C2CCCC2)sc1Br. The van der Waals surface area contributed by atoms with Crippen LogP contribution < -0.4 is 0 Å². The van der Waals surface area contributed by atoms with Crippen LogP contribution in [-0.4, -0.2) is 4.98 Å². The van der Waals surface area contributed by atoms with Gasteiger partial charge in [0.25, 0.3) is 0 Å². The number of hydrogen-bond acceptors (Lipinski definition) is 2. The lowest BCUT2D eigenvalue weighted by Gasteiger charge is -2.01. The van der Waals surface area contributed by atoms with Crippen LogP contribution >= 0.6 is 27.3 Å². The van der Waals surface area contributed by atoms with E-state index < -0.39 is 0 Å². The number of halogens is 1. The van der Waals surface area contributed by atoms with Crippen LogP contribution in [0.25, 0.3) is 0 Å². The van der Waals surface area contributed by atoms with Crippen LogP contribution in [-0.2, 0) is 0 Å². The summed E-state index contributed by atoms with van der Waals surface area (Å²) in [6, 6.07) is 0. The molecule has 1 aromatic rings. The maximum absolute atomic E-state index is 4.56. The van der Waals surface area contributed by atoms with Crippen LogP contribution in [0.4, 0.5) is 0 Å². The molecule has 2 rings (SSSR count). The first-order valence-corrected chi connectivity index (χ1v) is 6.01. The van der Waals surface area contributed by atoms with Gasteiger partial charge >= 0.3 is 0 Å². The molecule has 0 saturated heterocycles. The van der Waals surface area contributed by atoms with E-state index in [0.717, 1.165) is 11.6 Å². The van der Waals surface area contributed by atoms with Gasteiger partial charge in [-0.25, -0.2) is 4.98 Å². The van der Waals surface area contributed by atoms with E-state index in [1.54, 1.807) is 0 Å². The van der Waals surface area contributed by atoms with Crippen molar-refractivity contribution in [2.45, 2.75) is 38.5 Å². The molecule has 1 heterocycles. The molecule has 0 amide bonds. The standard InChI is InChI=1S/C9H12BrNS/c1-6-8(10)12-9(11-6)7-4-2-3-5-7/h7H,2-5H2,1H3. The highest BCUT2D eigenvalue weighted by molar-refractivity contribution is 9.11. The largest absolute Gasteiger partial charge is 0.245 e. The van der Waals surface area contributed by atoms with Crippen molar-refractivity contribution >= 4 is 27.3 Å². The Bertz CT molecular complexity index is 257. The first-order valence-electron chi connectivity index (χ1n) is 4.40. The summed E-state index contributed by atoms with van der Waals surface area (Å²) in [4.78, 5) is 4.56. The fraction of sp³-hybridized carbons (Fsp3) is 0.667. The highest BCUT2D eigenvalue weighted by atomic mass is 79.9. The molecule has 0 N–H and O–H groups in total. The maximum atomic E-state index is 4.56. The summed E-state index contributed by atoms with van der Waals surface area (Å²) in [5, 5.41) is 1.34. The molecule has 1 nitrogen and oxygen atoms in total. The van der Waals surface area contributed by atoms with Crippen LogP contribution in [0.1, 0.15) is 42.3 Å². The van der Waals surface area contributed by atoms with Gasteiger partial charge in [-0.15, -0.1) is 11.3 Å². The zero-order valence-electron chi connectivity index (χ0n) is 7.14. The normalized spacial score (nSPS) is 18.8. The molecular formula is C9H12BrNS. The third kappa shape index (κ3) is 1.57. The van der Waals surface area contributed by atoms with Crippen molar-refractivity contribution < 1.29 is 0 Å². The van der Waals surface area contributed by atoms with Gasteiger partial charge in [0.05, 0.1) is 14.5 Å². The Balaban J connectivity index is 2.21. The molecular weight excluding hydrogens is 234 g/mol. The van der Waals surface area contributed by atoms with Crippen molar-refractivity contribution in [2.24, 2.45) is 0 Å². The summed E-state index contributed by atoms with van der Waals surface area (Å²) in [6.07, 6.45) is 5.47. The molecule has 3 heteroatoms. The second kappa shape index (κ2) is 3.46. The van der Waals surface area contributed by atoms with Gasteiger partial charge in [-0.2, -0.15) is 0 Å². The average Bonchev–Trinajstić information content (AvgIpc) is 2.61. The van der Waals surface area contributed by atoms with Gasteiger partial charge < -0.3 is 0 Å². The van der Waals surface area contributed by atoms with Gasteiger partial charge in [0.1, 0.15) is 0 Å². The van der Waals surface area contributed by atoms with Gasteiger partial charge in [0.2, 0.25) is 0 Å². The van der Waals surface area contributed by atoms with Gasteiger partial charge in [-0.05, 0) is 35.7 Å². The van der Waals surface area contributed by atoms with Gasteiger partial charge in [0.15, 0.2) is 0 Å². The highest BCUT2D eigenvalue weighted by Crippen LogP contribution is 2.38. The summed E-state index contributed by atoms with van der Waals surface area (Å²) in [6.45, 7) is 2.07. The molecule has 1 aliphatic rings. The Hall–Kier alpha value is 0.110. The van der Waals surface area contributed by atoms with E-state index in [9.17, 15) is 0 Å². The number of nitrogens with zero attached hydrogens (tertiary/aromatic N) is 1. The van der Waals surface area contributed by atoms with Gasteiger partial charge in [-0.3, -0.25) is 0 Å². The fourth-order valence-electron chi connectivity index (χ4n) is 1.75. The Morgan fingerprint density at radius 1 is 1.42 bits per heavy atom. The monoisotopic (exact) mass is 245 g/mol. The average molecular weight is 246 g/mol. The highest BCUT2D eigenvalue weighted by Gasteiger charge is 2.20. The van der Waals surface area contributed by atoms with Crippen molar-refractivity contribution in [1.82, 2.24) is 4.98 Å². The Morgan fingerprint density at radius 3 is 2.58 bits per heavy atom. The van der Waals surface area contributed by atoms with Gasteiger partial charge in [0, 0.05) is 5.92 Å². The van der Waals surface area contributed by atoms with Crippen LogP contribution in [0.15, 0.2) is 3.79 Å². The number of thiazole rings is 1. The third-order valence-electron chi connectivity index (χ3n) is 2.46. The van der Waals surface area contributed by atoms with Crippen molar-refractivity contribution in [3.63, 3.8) is 0 Å². The van der Waals surface area contributed by atoms with E-state index in [2.05, 4.69) is 27.8 Å².